The average molecular weight is 169 g/mol. The Labute approximate surface area is 70.8 Å². The number of rotatable bonds is 2. The van der Waals surface area contributed by atoms with Gasteiger partial charge in [0.1, 0.15) is 0 Å². The van der Waals surface area contributed by atoms with Crippen LogP contribution in [0.25, 0.3) is 0 Å². The molecule has 1 amide bonds. The lowest BCUT2D eigenvalue weighted by molar-refractivity contribution is -0.155. The van der Waals surface area contributed by atoms with E-state index in [1.165, 1.54) is 4.90 Å². The molecule has 0 saturated carbocycles. The highest BCUT2D eigenvalue weighted by Crippen LogP contribution is 2.06. The Kier molecular flexibility index (Phi) is 2.60. The van der Waals surface area contributed by atoms with Crippen LogP contribution in [0.2, 0.25) is 0 Å². The summed E-state index contributed by atoms with van der Waals surface area (Å²) >= 11 is 0. The number of carbonyl (C=O) groups is 2. The van der Waals surface area contributed by atoms with Gasteiger partial charge in [0.15, 0.2) is 11.9 Å². The Morgan fingerprint density at radius 1 is 1.83 bits per heavy atom. The van der Waals surface area contributed by atoms with Crippen molar-refractivity contribution in [3.8, 4) is 0 Å². The molecule has 0 aliphatic carbocycles. The number of hydrogen-bond acceptors (Lipinski definition) is 3. The molecule has 1 heterocycles. The molecule has 0 aromatic carbocycles. The molecule has 0 aromatic heterocycles. The van der Waals surface area contributed by atoms with Crippen LogP contribution in [0, 0.1) is 0 Å². The van der Waals surface area contributed by atoms with E-state index < -0.39 is 6.10 Å². The Morgan fingerprint density at radius 3 is 3.08 bits per heavy atom. The van der Waals surface area contributed by atoms with Gasteiger partial charge in [-0.1, -0.05) is 6.58 Å². The molecule has 1 rings (SSSR count). The van der Waals surface area contributed by atoms with Crippen LogP contribution in [-0.4, -0.2) is 42.9 Å². The summed E-state index contributed by atoms with van der Waals surface area (Å²) < 4.78 is 5.00. The molecular formula is C8H11NO3. The molecule has 1 aliphatic rings. The fourth-order valence-corrected chi connectivity index (χ4v) is 1.00. The summed E-state index contributed by atoms with van der Waals surface area (Å²) in [4.78, 5) is 23.8. The maximum absolute atomic E-state index is 11.3. The van der Waals surface area contributed by atoms with Gasteiger partial charge in [0.05, 0.1) is 6.61 Å². The zero-order valence-electron chi connectivity index (χ0n) is 6.95. The lowest BCUT2D eigenvalue weighted by Crippen LogP contribution is -2.48. The number of carbonyl (C=O) groups excluding carboxylic acids is 2. The summed E-state index contributed by atoms with van der Waals surface area (Å²) in [7, 11) is 1.65. The zero-order valence-corrected chi connectivity index (χ0v) is 6.95. The number of ketones is 1. The van der Waals surface area contributed by atoms with Crippen molar-refractivity contribution in [2.75, 3.05) is 20.2 Å². The number of likely N-dealkylation sites (N-methyl/N-ethyl adjacent to an activating group) is 1. The summed E-state index contributed by atoms with van der Waals surface area (Å²) in [6, 6.07) is 0. The van der Waals surface area contributed by atoms with E-state index in [1.54, 1.807) is 7.05 Å². The molecule has 1 saturated heterocycles. The lowest BCUT2D eigenvalue weighted by atomic mass is 10.2. The van der Waals surface area contributed by atoms with Gasteiger partial charge in [0.2, 0.25) is 0 Å². The van der Waals surface area contributed by atoms with E-state index >= 15 is 0 Å². The predicted molar refractivity (Wildman–Crippen MR) is 42.6 cm³/mol. The smallest absolute Gasteiger partial charge is 0.259 e. The highest BCUT2D eigenvalue weighted by molar-refractivity contribution is 6.09. The molecular weight excluding hydrogens is 158 g/mol. The van der Waals surface area contributed by atoms with Crippen LogP contribution in [0.3, 0.4) is 0 Å². The first-order valence-corrected chi connectivity index (χ1v) is 3.69. The van der Waals surface area contributed by atoms with Crippen molar-refractivity contribution in [2.24, 2.45) is 0 Å². The van der Waals surface area contributed by atoms with E-state index in [9.17, 15) is 9.59 Å². The van der Waals surface area contributed by atoms with Crippen molar-refractivity contribution >= 4 is 11.7 Å². The molecule has 1 atom stereocenters. The van der Waals surface area contributed by atoms with Crippen molar-refractivity contribution in [1.29, 1.82) is 0 Å². The van der Waals surface area contributed by atoms with Crippen molar-refractivity contribution < 1.29 is 14.3 Å². The molecule has 0 aromatic rings. The number of nitrogens with zero attached hydrogens (tertiary/aromatic N) is 1. The van der Waals surface area contributed by atoms with Crippen molar-refractivity contribution in [1.82, 2.24) is 4.90 Å². The van der Waals surface area contributed by atoms with E-state index in [2.05, 4.69) is 6.58 Å². The third-order valence-corrected chi connectivity index (χ3v) is 1.77. The highest BCUT2D eigenvalue weighted by Gasteiger charge is 2.31. The quantitative estimate of drug-likeness (QED) is 0.417. The first-order valence-electron chi connectivity index (χ1n) is 3.69. The van der Waals surface area contributed by atoms with Crippen LogP contribution < -0.4 is 0 Å². The van der Waals surface area contributed by atoms with Gasteiger partial charge in [-0.05, 0) is 6.08 Å². The van der Waals surface area contributed by atoms with Gasteiger partial charge >= 0.3 is 0 Å². The molecule has 12 heavy (non-hydrogen) atoms. The van der Waals surface area contributed by atoms with E-state index in [0.29, 0.717) is 13.2 Å². The summed E-state index contributed by atoms with van der Waals surface area (Å²) in [5.74, 6) is -0.655. The number of ether oxygens (including phenoxy) is 1. The maximum atomic E-state index is 11.3. The molecule has 1 unspecified atom stereocenters. The van der Waals surface area contributed by atoms with Crippen molar-refractivity contribution in [3.63, 3.8) is 0 Å². The zero-order chi connectivity index (χ0) is 9.14. The second-order valence-electron chi connectivity index (χ2n) is 2.62. The van der Waals surface area contributed by atoms with Gasteiger partial charge in [0.25, 0.3) is 5.91 Å². The second-order valence-corrected chi connectivity index (χ2v) is 2.62. The Hall–Kier alpha value is -1.16. The SMILES string of the molecule is C=CC(=O)C1OCCN(C)C1=O. The standard InChI is InChI=1S/C8H11NO3/c1-3-6(10)7-8(11)9(2)4-5-12-7/h3,7H,1,4-5H2,2H3. The van der Waals surface area contributed by atoms with Crippen LogP contribution in [0.5, 0.6) is 0 Å². The Balaban J connectivity index is 2.70. The van der Waals surface area contributed by atoms with Crippen molar-refractivity contribution in [2.45, 2.75) is 6.10 Å². The molecule has 66 valence electrons. The average Bonchev–Trinajstić information content (AvgIpc) is 2.08. The van der Waals surface area contributed by atoms with Crippen LogP contribution in [-0.2, 0) is 14.3 Å². The topological polar surface area (TPSA) is 46.6 Å². The van der Waals surface area contributed by atoms with Crippen LogP contribution in [0.4, 0.5) is 0 Å². The van der Waals surface area contributed by atoms with E-state index in [1.807, 2.05) is 0 Å². The molecule has 0 N–H and O–H groups in total. The van der Waals surface area contributed by atoms with Crippen LogP contribution in [0.15, 0.2) is 12.7 Å². The summed E-state index contributed by atoms with van der Waals surface area (Å²) in [6.45, 7) is 4.25. The molecule has 4 nitrogen and oxygen atoms in total. The van der Waals surface area contributed by atoms with Gasteiger partial charge in [-0.15, -0.1) is 0 Å². The first-order chi connectivity index (χ1) is 5.66. The van der Waals surface area contributed by atoms with Gasteiger partial charge in [-0.3, -0.25) is 9.59 Å². The first kappa shape index (κ1) is 8.93. The summed E-state index contributed by atoms with van der Waals surface area (Å²) in [5, 5.41) is 0. The summed E-state index contributed by atoms with van der Waals surface area (Å²) in [6.07, 6.45) is 0.156. The Bertz CT molecular complexity index is 224. The molecule has 0 radical (unpaired) electrons. The molecule has 0 bridgehead atoms. The van der Waals surface area contributed by atoms with E-state index in [0.717, 1.165) is 6.08 Å². The molecule has 1 fully saturated rings. The van der Waals surface area contributed by atoms with Crippen molar-refractivity contribution in [3.05, 3.63) is 12.7 Å². The number of amides is 1. The number of morpholine rings is 1. The largest absolute Gasteiger partial charge is 0.358 e. The normalized spacial score (nSPS) is 23.9. The second kappa shape index (κ2) is 3.49. The van der Waals surface area contributed by atoms with Crippen LogP contribution >= 0.6 is 0 Å². The minimum atomic E-state index is -0.957. The third kappa shape index (κ3) is 1.53. The van der Waals surface area contributed by atoms with Crippen LogP contribution in [0.1, 0.15) is 0 Å². The number of hydrogen-bond donors (Lipinski definition) is 0. The Morgan fingerprint density at radius 2 is 2.50 bits per heavy atom. The van der Waals surface area contributed by atoms with E-state index in [4.69, 9.17) is 4.74 Å². The van der Waals surface area contributed by atoms with Gasteiger partial charge in [-0.2, -0.15) is 0 Å². The van der Waals surface area contributed by atoms with Gasteiger partial charge in [-0.25, -0.2) is 0 Å². The van der Waals surface area contributed by atoms with E-state index in [-0.39, 0.29) is 11.7 Å². The highest BCUT2D eigenvalue weighted by atomic mass is 16.5. The minimum absolute atomic E-state index is 0.286. The fourth-order valence-electron chi connectivity index (χ4n) is 1.00. The molecule has 0 spiro atoms. The third-order valence-electron chi connectivity index (χ3n) is 1.77. The predicted octanol–water partition coefficient (Wildman–Crippen LogP) is -0.401. The minimum Gasteiger partial charge on any atom is -0.358 e. The van der Waals surface area contributed by atoms with Gasteiger partial charge < -0.3 is 9.64 Å². The summed E-state index contributed by atoms with van der Waals surface area (Å²) in [5.41, 5.74) is 0. The molecule has 4 heteroatoms. The maximum Gasteiger partial charge on any atom is 0.259 e. The monoisotopic (exact) mass is 169 g/mol. The fraction of sp³-hybridized carbons (Fsp3) is 0.500. The lowest BCUT2D eigenvalue weighted by Gasteiger charge is -2.27. The van der Waals surface area contributed by atoms with Gasteiger partial charge in [0, 0.05) is 13.6 Å². The molecule has 1 aliphatic heterocycles.